The third kappa shape index (κ3) is 2.78. The standard InChI is InChI=1S/C8H11ClN2/c1-2-10-11-8-5-3-4-7(9)6-8/h3-6,10-11H,2H2,1H3. The summed E-state index contributed by atoms with van der Waals surface area (Å²) < 4.78 is 0. The van der Waals surface area contributed by atoms with E-state index in [2.05, 4.69) is 10.9 Å². The fourth-order valence-corrected chi connectivity index (χ4v) is 0.947. The van der Waals surface area contributed by atoms with Crippen molar-refractivity contribution in [2.75, 3.05) is 12.0 Å². The fraction of sp³-hybridized carbons (Fsp3) is 0.250. The minimum atomic E-state index is 0.743. The van der Waals surface area contributed by atoms with Crippen LogP contribution in [0.15, 0.2) is 24.3 Å². The molecule has 11 heavy (non-hydrogen) atoms. The highest BCUT2D eigenvalue weighted by Gasteiger charge is 1.89. The van der Waals surface area contributed by atoms with Crippen LogP contribution in [0.1, 0.15) is 6.92 Å². The molecule has 1 aromatic rings. The van der Waals surface area contributed by atoms with Gasteiger partial charge < -0.3 is 5.43 Å². The summed E-state index contributed by atoms with van der Waals surface area (Å²) in [6.07, 6.45) is 0. The van der Waals surface area contributed by atoms with E-state index in [4.69, 9.17) is 11.6 Å². The topological polar surface area (TPSA) is 24.1 Å². The summed E-state index contributed by atoms with van der Waals surface area (Å²) >= 11 is 5.76. The fourth-order valence-electron chi connectivity index (χ4n) is 0.757. The van der Waals surface area contributed by atoms with Crippen LogP contribution in [0.2, 0.25) is 5.02 Å². The van der Waals surface area contributed by atoms with Gasteiger partial charge in [0.2, 0.25) is 0 Å². The zero-order valence-corrected chi connectivity index (χ0v) is 7.15. The van der Waals surface area contributed by atoms with Gasteiger partial charge in [0.25, 0.3) is 0 Å². The highest BCUT2D eigenvalue weighted by atomic mass is 35.5. The minimum absolute atomic E-state index is 0.743. The third-order valence-electron chi connectivity index (χ3n) is 1.23. The molecule has 0 atom stereocenters. The Kier molecular flexibility index (Phi) is 3.20. The zero-order valence-electron chi connectivity index (χ0n) is 6.39. The molecule has 3 heteroatoms. The summed E-state index contributed by atoms with van der Waals surface area (Å²) in [6, 6.07) is 7.57. The van der Waals surface area contributed by atoms with Gasteiger partial charge in [-0.1, -0.05) is 24.6 Å². The number of hydrazine groups is 1. The van der Waals surface area contributed by atoms with Crippen LogP contribution < -0.4 is 10.9 Å². The molecule has 0 bridgehead atoms. The average molecular weight is 171 g/mol. The van der Waals surface area contributed by atoms with Crippen LogP contribution in [0.4, 0.5) is 5.69 Å². The molecule has 0 aromatic heterocycles. The molecule has 1 rings (SSSR count). The molecule has 2 N–H and O–H groups in total. The predicted molar refractivity (Wildman–Crippen MR) is 48.8 cm³/mol. The second kappa shape index (κ2) is 4.21. The Morgan fingerprint density at radius 3 is 2.91 bits per heavy atom. The van der Waals surface area contributed by atoms with E-state index >= 15 is 0 Å². The van der Waals surface area contributed by atoms with E-state index in [0.29, 0.717) is 0 Å². The third-order valence-corrected chi connectivity index (χ3v) is 1.47. The van der Waals surface area contributed by atoms with Crippen LogP contribution in [0.25, 0.3) is 0 Å². The molecule has 0 aliphatic carbocycles. The first kappa shape index (κ1) is 8.37. The highest BCUT2D eigenvalue weighted by Crippen LogP contribution is 2.13. The smallest absolute Gasteiger partial charge is 0.0502 e. The van der Waals surface area contributed by atoms with E-state index in [9.17, 15) is 0 Å². The van der Waals surface area contributed by atoms with Gasteiger partial charge in [0, 0.05) is 11.6 Å². The predicted octanol–water partition coefficient (Wildman–Crippen LogP) is 2.28. The number of hydrogen-bond acceptors (Lipinski definition) is 2. The Bertz CT molecular complexity index is 225. The van der Waals surface area contributed by atoms with E-state index < -0.39 is 0 Å². The molecule has 1 aromatic carbocycles. The Morgan fingerprint density at radius 2 is 2.27 bits per heavy atom. The second-order valence-electron chi connectivity index (χ2n) is 2.17. The second-order valence-corrected chi connectivity index (χ2v) is 2.60. The van der Waals surface area contributed by atoms with Crippen molar-refractivity contribution in [3.63, 3.8) is 0 Å². The number of hydrogen-bond donors (Lipinski definition) is 2. The normalized spacial score (nSPS) is 9.64. The van der Waals surface area contributed by atoms with Crippen molar-refractivity contribution < 1.29 is 0 Å². The van der Waals surface area contributed by atoms with Crippen molar-refractivity contribution in [3.8, 4) is 0 Å². The summed E-state index contributed by atoms with van der Waals surface area (Å²) in [5.74, 6) is 0. The highest BCUT2D eigenvalue weighted by molar-refractivity contribution is 6.30. The SMILES string of the molecule is CCNNc1cccc(Cl)c1. The lowest BCUT2D eigenvalue weighted by Crippen LogP contribution is -2.20. The van der Waals surface area contributed by atoms with Gasteiger partial charge in [-0.2, -0.15) is 0 Å². The molecule has 0 aliphatic heterocycles. The maximum atomic E-state index is 5.76. The molecule has 0 fully saturated rings. The summed E-state index contributed by atoms with van der Waals surface area (Å²) in [7, 11) is 0. The van der Waals surface area contributed by atoms with Gasteiger partial charge in [0.15, 0.2) is 0 Å². The maximum absolute atomic E-state index is 5.76. The molecule has 0 heterocycles. The van der Waals surface area contributed by atoms with Crippen molar-refractivity contribution in [1.82, 2.24) is 5.43 Å². The Labute approximate surface area is 71.5 Å². The van der Waals surface area contributed by atoms with Gasteiger partial charge in [-0.3, -0.25) is 0 Å². The van der Waals surface area contributed by atoms with Crippen LogP contribution in [0.5, 0.6) is 0 Å². The molecular weight excluding hydrogens is 160 g/mol. The Morgan fingerprint density at radius 1 is 1.45 bits per heavy atom. The Balaban J connectivity index is 2.56. The summed E-state index contributed by atoms with van der Waals surface area (Å²) in [5.41, 5.74) is 6.97. The molecule has 0 saturated carbocycles. The van der Waals surface area contributed by atoms with Crippen LogP contribution >= 0.6 is 11.6 Å². The molecule has 0 aliphatic rings. The minimum Gasteiger partial charge on any atom is -0.321 e. The molecule has 0 radical (unpaired) electrons. The summed E-state index contributed by atoms with van der Waals surface area (Å²) in [4.78, 5) is 0. The molecule has 60 valence electrons. The first-order chi connectivity index (χ1) is 5.33. The number of anilines is 1. The van der Waals surface area contributed by atoms with Crippen LogP contribution in [0, 0.1) is 0 Å². The lowest BCUT2D eigenvalue weighted by atomic mass is 10.3. The molecule has 0 amide bonds. The van der Waals surface area contributed by atoms with E-state index in [1.54, 1.807) is 0 Å². The van der Waals surface area contributed by atoms with E-state index in [0.717, 1.165) is 17.3 Å². The first-order valence-corrected chi connectivity index (χ1v) is 3.95. The van der Waals surface area contributed by atoms with Crippen LogP contribution in [-0.2, 0) is 0 Å². The average Bonchev–Trinajstić information content (AvgIpc) is 2.01. The molecule has 0 unspecified atom stereocenters. The van der Waals surface area contributed by atoms with Gasteiger partial charge in [-0.05, 0) is 18.2 Å². The van der Waals surface area contributed by atoms with Gasteiger partial charge in [-0.25, -0.2) is 5.43 Å². The monoisotopic (exact) mass is 170 g/mol. The molecule has 0 saturated heterocycles. The van der Waals surface area contributed by atoms with Crippen molar-refractivity contribution >= 4 is 17.3 Å². The van der Waals surface area contributed by atoms with Crippen molar-refractivity contribution in [1.29, 1.82) is 0 Å². The van der Waals surface area contributed by atoms with Crippen molar-refractivity contribution in [3.05, 3.63) is 29.3 Å². The van der Waals surface area contributed by atoms with Crippen molar-refractivity contribution in [2.45, 2.75) is 6.92 Å². The number of nitrogens with one attached hydrogen (secondary N) is 2. The van der Waals surface area contributed by atoms with Gasteiger partial charge in [0.05, 0.1) is 5.69 Å². The van der Waals surface area contributed by atoms with Gasteiger partial charge in [-0.15, -0.1) is 0 Å². The van der Waals surface area contributed by atoms with E-state index in [1.165, 1.54) is 0 Å². The molecule has 2 nitrogen and oxygen atoms in total. The maximum Gasteiger partial charge on any atom is 0.0502 e. The first-order valence-electron chi connectivity index (χ1n) is 3.57. The number of halogens is 1. The Hall–Kier alpha value is -0.730. The van der Waals surface area contributed by atoms with Crippen molar-refractivity contribution in [2.24, 2.45) is 0 Å². The van der Waals surface area contributed by atoms with Gasteiger partial charge >= 0.3 is 0 Å². The molecular formula is C8H11ClN2. The number of benzene rings is 1. The lowest BCUT2D eigenvalue weighted by molar-refractivity contribution is 0.844. The van der Waals surface area contributed by atoms with Crippen LogP contribution in [-0.4, -0.2) is 6.54 Å². The van der Waals surface area contributed by atoms with Crippen LogP contribution in [0.3, 0.4) is 0 Å². The molecule has 0 spiro atoms. The van der Waals surface area contributed by atoms with E-state index in [-0.39, 0.29) is 0 Å². The lowest BCUT2D eigenvalue weighted by Gasteiger charge is -2.05. The number of rotatable bonds is 3. The summed E-state index contributed by atoms with van der Waals surface area (Å²) in [5, 5.41) is 0.743. The quantitative estimate of drug-likeness (QED) is 0.681. The largest absolute Gasteiger partial charge is 0.321 e. The van der Waals surface area contributed by atoms with Gasteiger partial charge in [0.1, 0.15) is 0 Å². The zero-order chi connectivity index (χ0) is 8.10. The summed E-state index contributed by atoms with van der Waals surface area (Å²) in [6.45, 7) is 2.91. The van der Waals surface area contributed by atoms with E-state index in [1.807, 2.05) is 31.2 Å².